The topological polar surface area (TPSA) is 46.2 Å². The lowest BCUT2D eigenvalue weighted by atomic mass is 10.0. The van der Waals surface area contributed by atoms with Crippen molar-refractivity contribution >= 4 is 9.84 Å². The standard InChI is InChI=1S/C16H25NO2S/c1-3-17-15-9-6-8-14(15)11-12-20(18,19)16-10-5-4-7-13(16)2/h4-5,7,10,14-15,17H,3,6,8-9,11-12H2,1-2H3. The van der Waals surface area contributed by atoms with E-state index in [1.807, 2.05) is 19.1 Å². The van der Waals surface area contributed by atoms with Crippen LogP contribution in [0.4, 0.5) is 0 Å². The van der Waals surface area contributed by atoms with E-state index < -0.39 is 9.84 Å². The van der Waals surface area contributed by atoms with Crippen LogP contribution in [-0.4, -0.2) is 26.8 Å². The van der Waals surface area contributed by atoms with E-state index in [0.29, 0.717) is 16.9 Å². The molecule has 1 aromatic rings. The van der Waals surface area contributed by atoms with Crippen LogP contribution < -0.4 is 5.32 Å². The van der Waals surface area contributed by atoms with E-state index in [2.05, 4.69) is 12.2 Å². The first kappa shape index (κ1) is 15.5. The number of hydrogen-bond donors (Lipinski definition) is 1. The van der Waals surface area contributed by atoms with E-state index >= 15 is 0 Å². The number of benzene rings is 1. The lowest BCUT2D eigenvalue weighted by molar-refractivity contribution is 0.398. The number of aryl methyl sites for hydroxylation is 1. The van der Waals surface area contributed by atoms with Gasteiger partial charge in [0, 0.05) is 6.04 Å². The van der Waals surface area contributed by atoms with Crippen LogP contribution in [0.3, 0.4) is 0 Å². The van der Waals surface area contributed by atoms with Crippen molar-refractivity contribution in [1.29, 1.82) is 0 Å². The fraction of sp³-hybridized carbons (Fsp3) is 0.625. The molecule has 0 heterocycles. The highest BCUT2D eigenvalue weighted by Gasteiger charge is 2.28. The molecule has 2 rings (SSSR count). The second-order valence-electron chi connectivity index (χ2n) is 5.73. The van der Waals surface area contributed by atoms with Crippen molar-refractivity contribution in [3.63, 3.8) is 0 Å². The molecule has 20 heavy (non-hydrogen) atoms. The Morgan fingerprint density at radius 2 is 2.00 bits per heavy atom. The molecule has 1 aliphatic rings. The van der Waals surface area contributed by atoms with E-state index in [4.69, 9.17) is 0 Å². The Bertz CT molecular complexity index is 539. The second-order valence-corrected chi connectivity index (χ2v) is 7.81. The van der Waals surface area contributed by atoms with Gasteiger partial charge in [0.25, 0.3) is 0 Å². The van der Waals surface area contributed by atoms with Crippen molar-refractivity contribution in [3.05, 3.63) is 29.8 Å². The summed E-state index contributed by atoms with van der Waals surface area (Å²) in [5, 5.41) is 3.49. The molecule has 0 bridgehead atoms. The minimum absolute atomic E-state index is 0.268. The predicted molar refractivity (Wildman–Crippen MR) is 82.7 cm³/mol. The van der Waals surface area contributed by atoms with Crippen LogP contribution in [0.1, 0.15) is 38.2 Å². The lowest BCUT2D eigenvalue weighted by Gasteiger charge is -2.20. The van der Waals surface area contributed by atoms with Crippen LogP contribution in [0.2, 0.25) is 0 Å². The van der Waals surface area contributed by atoms with Gasteiger partial charge in [0.05, 0.1) is 10.6 Å². The molecule has 2 unspecified atom stereocenters. The molecule has 112 valence electrons. The van der Waals surface area contributed by atoms with E-state index in [1.54, 1.807) is 12.1 Å². The zero-order valence-electron chi connectivity index (χ0n) is 12.4. The molecule has 0 aliphatic heterocycles. The minimum Gasteiger partial charge on any atom is -0.314 e. The largest absolute Gasteiger partial charge is 0.314 e. The van der Waals surface area contributed by atoms with Gasteiger partial charge in [-0.1, -0.05) is 31.5 Å². The monoisotopic (exact) mass is 295 g/mol. The average molecular weight is 295 g/mol. The first-order chi connectivity index (χ1) is 9.54. The lowest BCUT2D eigenvalue weighted by Crippen LogP contribution is -2.33. The summed E-state index contributed by atoms with van der Waals surface area (Å²) >= 11 is 0. The quantitative estimate of drug-likeness (QED) is 0.877. The van der Waals surface area contributed by atoms with Gasteiger partial charge in [0.15, 0.2) is 9.84 Å². The highest BCUT2D eigenvalue weighted by atomic mass is 32.2. The van der Waals surface area contributed by atoms with Crippen molar-refractivity contribution in [2.24, 2.45) is 5.92 Å². The van der Waals surface area contributed by atoms with Gasteiger partial charge in [0.2, 0.25) is 0 Å². The Morgan fingerprint density at radius 3 is 2.70 bits per heavy atom. The molecular formula is C16H25NO2S. The molecule has 1 fully saturated rings. The molecule has 2 atom stereocenters. The van der Waals surface area contributed by atoms with Crippen molar-refractivity contribution in [1.82, 2.24) is 5.32 Å². The summed E-state index contributed by atoms with van der Waals surface area (Å²) in [6, 6.07) is 7.78. The highest BCUT2D eigenvalue weighted by Crippen LogP contribution is 2.29. The van der Waals surface area contributed by atoms with Crippen LogP contribution in [0.15, 0.2) is 29.2 Å². The normalized spacial score (nSPS) is 23.1. The summed E-state index contributed by atoms with van der Waals surface area (Å²) in [6.45, 7) is 4.94. The maximum absolute atomic E-state index is 12.5. The van der Waals surface area contributed by atoms with Gasteiger partial charge in [-0.15, -0.1) is 0 Å². The van der Waals surface area contributed by atoms with Gasteiger partial charge in [-0.2, -0.15) is 0 Å². The van der Waals surface area contributed by atoms with Crippen LogP contribution in [0.5, 0.6) is 0 Å². The SMILES string of the molecule is CCNC1CCCC1CCS(=O)(=O)c1ccccc1C. The Labute approximate surface area is 122 Å². The molecule has 0 saturated heterocycles. The number of nitrogens with one attached hydrogen (secondary N) is 1. The third-order valence-corrected chi connectivity index (χ3v) is 6.21. The number of rotatable bonds is 6. The Hall–Kier alpha value is -0.870. The minimum atomic E-state index is -3.14. The molecule has 3 nitrogen and oxygen atoms in total. The zero-order valence-corrected chi connectivity index (χ0v) is 13.2. The van der Waals surface area contributed by atoms with Gasteiger partial charge >= 0.3 is 0 Å². The Balaban J connectivity index is 2.01. The zero-order chi connectivity index (χ0) is 14.6. The first-order valence-electron chi connectivity index (χ1n) is 7.56. The van der Waals surface area contributed by atoms with E-state index in [-0.39, 0.29) is 5.75 Å². The molecule has 1 aromatic carbocycles. The number of sulfone groups is 1. The maximum Gasteiger partial charge on any atom is 0.178 e. The first-order valence-corrected chi connectivity index (χ1v) is 9.21. The highest BCUT2D eigenvalue weighted by molar-refractivity contribution is 7.91. The van der Waals surface area contributed by atoms with Crippen molar-refractivity contribution < 1.29 is 8.42 Å². The van der Waals surface area contributed by atoms with Gasteiger partial charge in [-0.25, -0.2) is 8.42 Å². The van der Waals surface area contributed by atoms with Crippen LogP contribution in [0.25, 0.3) is 0 Å². The molecule has 1 N–H and O–H groups in total. The summed E-state index contributed by atoms with van der Waals surface area (Å²) in [4.78, 5) is 0.498. The fourth-order valence-electron chi connectivity index (χ4n) is 3.24. The molecule has 1 aliphatic carbocycles. The Kier molecular flexibility index (Phi) is 5.22. The van der Waals surface area contributed by atoms with Gasteiger partial charge in [0.1, 0.15) is 0 Å². The smallest absolute Gasteiger partial charge is 0.178 e. The average Bonchev–Trinajstić information content (AvgIpc) is 2.85. The Morgan fingerprint density at radius 1 is 1.25 bits per heavy atom. The molecular weight excluding hydrogens is 270 g/mol. The van der Waals surface area contributed by atoms with E-state index in [1.165, 1.54) is 12.8 Å². The maximum atomic E-state index is 12.5. The molecule has 0 aromatic heterocycles. The second kappa shape index (κ2) is 6.72. The third-order valence-electron chi connectivity index (χ3n) is 4.31. The summed E-state index contributed by atoms with van der Waals surface area (Å²) in [5.41, 5.74) is 0.849. The summed E-state index contributed by atoms with van der Waals surface area (Å²) in [7, 11) is -3.14. The van der Waals surface area contributed by atoms with Gasteiger partial charge < -0.3 is 5.32 Å². The molecule has 0 spiro atoms. The van der Waals surface area contributed by atoms with Crippen LogP contribution in [-0.2, 0) is 9.84 Å². The van der Waals surface area contributed by atoms with E-state index in [0.717, 1.165) is 24.9 Å². The van der Waals surface area contributed by atoms with E-state index in [9.17, 15) is 8.42 Å². The van der Waals surface area contributed by atoms with Gasteiger partial charge in [-0.05, 0) is 50.3 Å². The molecule has 4 heteroatoms. The summed E-state index contributed by atoms with van der Waals surface area (Å²) in [5.74, 6) is 0.776. The summed E-state index contributed by atoms with van der Waals surface area (Å²) in [6.07, 6.45) is 4.32. The predicted octanol–water partition coefficient (Wildman–Crippen LogP) is 2.94. The van der Waals surface area contributed by atoms with Crippen molar-refractivity contribution in [2.45, 2.75) is 50.5 Å². The molecule has 0 amide bonds. The number of hydrogen-bond acceptors (Lipinski definition) is 3. The van der Waals surface area contributed by atoms with Gasteiger partial charge in [-0.3, -0.25) is 0 Å². The summed E-state index contributed by atoms with van der Waals surface area (Å²) < 4.78 is 24.9. The van der Waals surface area contributed by atoms with Crippen LogP contribution in [0, 0.1) is 12.8 Å². The molecule has 1 saturated carbocycles. The van der Waals surface area contributed by atoms with Crippen molar-refractivity contribution in [2.75, 3.05) is 12.3 Å². The third kappa shape index (κ3) is 3.61. The fourth-order valence-corrected chi connectivity index (χ4v) is 4.91. The van der Waals surface area contributed by atoms with Crippen LogP contribution >= 0.6 is 0 Å². The van der Waals surface area contributed by atoms with Crippen molar-refractivity contribution in [3.8, 4) is 0 Å². The molecule has 0 radical (unpaired) electrons.